The Kier molecular flexibility index (Phi) is 10.3. The van der Waals surface area contributed by atoms with Crippen molar-refractivity contribution in [2.24, 2.45) is 0 Å². The molecule has 1 unspecified atom stereocenters. The van der Waals surface area contributed by atoms with E-state index < -0.39 is 10.1 Å². The van der Waals surface area contributed by atoms with Gasteiger partial charge in [0.2, 0.25) is 0 Å². The molecule has 74 valence electrons. The van der Waals surface area contributed by atoms with Crippen molar-refractivity contribution < 1.29 is 47.3 Å². The Hall–Kier alpha value is 0.870. The third-order valence-electron chi connectivity index (χ3n) is 1.52. The fraction of sp³-hybridized carbons (Fsp3) is 1.00. The summed E-state index contributed by atoms with van der Waals surface area (Å²) in [4.78, 5) is 0. The molecule has 13 heavy (non-hydrogen) atoms. The van der Waals surface area contributed by atoms with E-state index in [0.717, 1.165) is 6.42 Å². The monoisotopic (exact) mass is 218 g/mol. The van der Waals surface area contributed by atoms with Gasteiger partial charge in [-0.3, -0.25) is 0 Å². The first kappa shape index (κ1) is 16.3. The molecule has 0 spiro atoms. The van der Waals surface area contributed by atoms with Crippen LogP contribution in [0.2, 0.25) is 0 Å². The molecule has 0 aliphatic carbocycles. The standard InChI is InChI=1S/C7H16O4S.Na/c1-3-7(2)11-5-4-6-12(8,9)10;/h7H,3-6H2,1-2H3,(H,8,9,10);/q;+1/p-1. The topological polar surface area (TPSA) is 66.4 Å². The SMILES string of the molecule is CCC(C)OCCCS(=O)(=O)[O-].[Na+]. The van der Waals surface area contributed by atoms with Crippen molar-refractivity contribution in [3.05, 3.63) is 0 Å². The summed E-state index contributed by atoms with van der Waals surface area (Å²) in [5, 5.41) is 0. The van der Waals surface area contributed by atoms with Crippen LogP contribution in [0.5, 0.6) is 0 Å². The van der Waals surface area contributed by atoms with E-state index in [1.807, 2.05) is 13.8 Å². The van der Waals surface area contributed by atoms with Crippen LogP contribution >= 0.6 is 0 Å². The zero-order chi connectivity index (χ0) is 9.61. The Morgan fingerprint density at radius 3 is 2.38 bits per heavy atom. The second kappa shape index (κ2) is 8.20. The molecule has 0 aromatic carbocycles. The summed E-state index contributed by atoms with van der Waals surface area (Å²) in [6.45, 7) is 4.23. The molecule has 4 nitrogen and oxygen atoms in total. The van der Waals surface area contributed by atoms with Gasteiger partial charge < -0.3 is 9.29 Å². The summed E-state index contributed by atoms with van der Waals surface area (Å²) in [6.07, 6.45) is 1.32. The smallest absolute Gasteiger partial charge is 0.748 e. The van der Waals surface area contributed by atoms with Gasteiger partial charge in [-0.1, -0.05) is 6.92 Å². The van der Waals surface area contributed by atoms with Gasteiger partial charge in [0.25, 0.3) is 0 Å². The molecule has 0 bridgehead atoms. The van der Waals surface area contributed by atoms with Gasteiger partial charge in [-0.2, -0.15) is 0 Å². The maximum absolute atomic E-state index is 10.1. The molecule has 0 aliphatic heterocycles. The largest absolute Gasteiger partial charge is 1.00 e. The van der Waals surface area contributed by atoms with Gasteiger partial charge in [0.1, 0.15) is 0 Å². The van der Waals surface area contributed by atoms with Crippen LogP contribution in [-0.2, 0) is 14.9 Å². The zero-order valence-electron chi connectivity index (χ0n) is 8.45. The van der Waals surface area contributed by atoms with E-state index in [1.165, 1.54) is 0 Å². The number of ether oxygens (including phenoxy) is 1. The molecule has 6 heteroatoms. The Bertz CT molecular complexity index is 203. The van der Waals surface area contributed by atoms with E-state index in [4.69, 9.17) is 4.74 Å². The van der Waals surface area contributed by atoms with Crippen molar-refractivity contribution in [1.29, 1.82) is 0 Å². The van der Waals surface area contributed by atoms with Gasteiger partial charge in [-0.15, -0.1) is 0 Å². The molecule has 0 heterocycles. The fourth-order valence-electron chi connectivity index (χ4n) is 0.638. The molecule has 0 aliphatic rings. The molecule has 0 rings (SSSR count). The summed E-state index contributed by atoms with van der Waals surface area (Å²) in [5.41, 5.74) is 0. The minimum atomic E-state index is -4.06. The van der Waals surface area contributed by atoms with E-state index in [1.54, 1.807) is 0 Å². The molecule has 0 radical (unpaired) electrons. The zero-order valence-corrected chi connectivity index (χ0v) is 11.3. The fourth-order valence-corrected chi connectivity index (χ4v) is 1.11. The molecule has 0 aromatic rings. The van der Waals surface area contributed by atoms with Crippen LogP contribution in [-0.4, -0.2) is 31.4 Å². The third kappa shape index (κ3) is 12.9. The second-order valence-corrected chi connectivity index (χ2v) is 4.23. The van der Waals surface area contributed by atoms with Crippen LogP contribution in [0.4, 0.5) is 0 Å². The molecule has 1 atom stereocenters. The Balaban J connectivity index is 0. The van der Waals surface area contributed by atoms with Gasteiger partial charge in [0.15, 0.2) is 0 Å². The number of hydrogen-bond acceptors (Lipinski definition) is 4. The average Bonchev–Trinajstić information content (AvgIpc) is 1.96. The van der Waals surface area contributed by atoms with Crippen LogP contribution in [0.3, 0.4) is 0 Å². The number of rotatable bonds is 6. The van der Waals surface area contributed by atoms with Crippen LogP contribution in [0, 0.1) is 0 Å². The van der Waals surface area contributed by atoms with Crippen molar-refractivity contribution in [3.8, 4) is 0 Å². The van der Waals surface area contributed by atoms with Crippen molar-refractivity contribution >= 4 is 10.1 Å². The van der Waals surface area contributed by atoms with Crippen LogP contribution in [0.1, 0.15) is 26.7 Å². The van der Waals surface area contributed by atoms with Crippen LogP contribution < -0.4 is 29.6 Å². The summed E-state index contributed by atoms with van der Waals surface area (Å²) < 4.78 is 35.6. The average molecular weight is 218 g/mol. The third-order valence-corrected chi connectivity index (χ3v) is 2.30. The summed E-state index contributed by atoms with van der Waals surface area (Å²) >= 11 is 0. The molecule has 0 fully saturated rings. The van der Waals surface area contributed by atoms with E-state index in [2.05, 4.69) is 0 Å². The maximum Gasteiger partial charge on any atom is 1.00 e. The van der Waals surface area contributed by atoms with E-state index in [0.29, 0.717) is 6.61 Å². The quantitative estimate of drug-likeness (QED) is 0.287. The molecule has 0 aromatic heterocycles. The molecule has 0 saturated carbocycles. The number of hydrogen-bond donors (Lipinski definition) is 0. The van der Waals surface area contributed by atoms with Crippen LogP contribution in [0.25, 0.3) is 0 Å². The van der Waals surface area contributed by atoms with Crippen molar-refractivity contribution in [3.63, 3.8) is 0 Å². The predicted molar refractivity (Wildman–Crippen MR) is 44.9 cm³/mol. The van der Waals surface area contributed by atoms with Crippen molar-refractivity contribution in [2.45, 2.75) is 32.8 Å². The molecular formula is C7H15NaO4S. The summed E-state index contributed by atoms with van der Waals surface area (Å²) in [5.74, 6) is -0.330. The maximum atomic E-state index is 10.1. The molecule has 0 saturated heterocycles. The van der Waals surface area contributed by atoms with Gasteiger partial charge in [-0.25, -0.2) is 8.42 Å². The van der Waals surface area contributed by atoms with Gasteiger partial charge >= 0.3 is 29.6 Å². The normalized spacial score (nSPS) is 13.5. The summed E-state index contributed by atoms with van der Waals surface area (Å²) in [7, 11) is -4.06. The Morgan fingerprint density at radius 2 is 2.00 bits per heavy atom. The minimum Gasteiger partial charge on any atom is -0.748 e. The first-order valence-electron chi connectivity index (χ1n) is 4.01. The van der Waals surface area contributed by atoms with Crippen molar-refractivity contribution in [2.75, 3.05) is 12.4 Å². The second-order valence-electron chi connectivity index (χ2n) is 2.71. The molecular weight excluding hydrogens is 203 g/mol. The first-order valence-corrected chi connectivity index (χ1v) is 5.58. The van der Waals surface area contributed by atoms with Gasteiger partial charge in [0, 0.05) is 12.4 Å². The molecule has 0 N–H and O–H groups in total. The van der Waals surface area contributed by atoms with E-state index >= 15 is 0 Å². The molecule has 0 amide bonds. The van der Waals surface area contributed by atoms with Crippen LogP contribution in [0.15, 0.2) is 0 Å². The predicted octanol–water partition coefficient (Wildman–Crippen LogP) is -2.26. The van der Waals surface area contributed by atoms with Gasteiger partial charge in [0.05, 0.1) is 16.2 Å². The Morgan fingerprint density at radius 1 is 1.46 bits per heavy atom. The summed E-state index contributed by atoms with van der Waals surface area (Å²) in [6, 6.07) is 0. The van der Waals surface area contributed by atoms with E-state index in [-0.39, 0.29) is 47.8 Å². The Labute approximate surface area is 102 Å². The van der Waals surface area contributed by atoms with Gasteiger partial charge in [-0.05, 0) is 19.8 Å². The minimum absolute atomic E-state index is 0. The first-order chi connectivity index (χ1) is 5.45. The van der Waals surface area contributed by atoms with Crippen molar-refractivity contribution in [1.82, 2.24) is 0 Å². The van der Waals surface area contributed by atoms with E-state index in [9.17, 15) is 13.0 Å².